The maximum absolute atomic E-state index is 11.5. The largest absolute Gasteiger partial charge is 0.478 e. The first-order valence-electron chi connectivity index (χ1n) is 4.83. The second-order valence-electron chi connectivity index (χ2n) is 4.03. The number of hydrogen-bond acceptors (Lipinski definition) is 3. The minimum Gasteiger partial charge on any atom is -0.478 e. The summed E-state index contributed by atoms with van der Waals surface area (Å²) < 4.78 is 0. The van der Waals surface area contributed by atoms with Gasteiger partial charge in [-0.1, -0.05) is 0 Å². The van der Waals surface area contributed by atoms with Gasteiger partial charge in [-0.2, -0.15) is 0 Å². The number of aliphatic carboxylic acids is 1. The first-order valence-corrected chi connectivity index (χ1v) is 4.83. The highest BCUT2D eigenvalue weighted by Gasteiger charge is 2.29. The molecule has 1 saturated heterocycles. The van der Waals surface area contributed by atoms with E-state index in [1.165, 1.54) is 4.90 Å². The molecule has 84 valence electrons. The van der Waals surface area contributed by atoms with Crippen molar-refractivity contribution in [2.24, 2.45) is 0 Å². The first kappa shape index (κ1) is 11.7. The van der Waals surface area contributed by atoms with E-state index in [4.69, 9.17) is 5.11 Å². The van der Waals surface area contributed by atoms with Gasteiger partial charge in [0, 0.05) is 25.2 Å². The Labute approximate surface area is 88.0 Å². The number of β-amino-alcohol motifs (C(OH)–C–C–N with tert-alkyl or cyclic N) is 1. The molecule has 15 heavy (non-hydrogen) atoms. The van der Waals surface area contributed by atoms with Crippen LogP contribution in [0.25, 0.3) is 0 Å². The van der Waals surface area contributed by atoms with Crippen molar-refractivity contribution < 1.29 is 19.8 Å². The summed E-state index contributed by atoms with van der Waals surface area (Å²) in [4.78, 5) is 23.1. The topological polar surface area (TPSA) is 77.8 Å². The van der Waals surface area contributed by atoms with Crippen molar-refractivity contribution in [3.05, 3.63) is 12.2 Å². The lowest BCUT2D eigenvalue weighted by molar-refractivity contribution is -0.134. The van der Waals surface area contributed by atoms with Gasteiger partial charge < -0.3 is 15.1 Å². The molecule has 1 fully saturated rings. The van der Waals surface area contributed by atoms with Crippen molar-refractivity contribution in [3.8, 4) is 0 Å². The molecule has 0 saturated carbocycles. The van der Waals surface area contributed by atoms with Crippen molar-refractivity contribution in [2.75, 3.05) is 13.1 Å². The van der Waals surface area contributed by atoms with Crippen molar-refractivity contribution in [3.63, 3.8) is 0 Å². The number of carbonyl (C=O) groups excluding carboxylic acids is 1. The van der Waals surface area contributed by atoms with Crippen LogP contribution in [0.5, 0.6) is 0 Å². The predicted octanol–water partition coefficient (Wildman–Crippen LogP) is 0.000600. The van der Waals surface area contributed by atoms with E-state index in [1.54, 1.807) is 6.92 Å². The molecule has 1 amide bonds. The molecule has 1 aliphatic heterocycles. The van der Waals surface area contributed by atoms with Gasteiger partial charge in [-0.15, -0.1) is 0 Å². The summed E-state index contributed by atoms with van der Waals surface area (Å²) in [5, 5.41) is 18.1. The third-order valence-electron chi connectivity index (χ3n) is 2.36. The number of rotatable bonds is 2. The van der Waals surface area contributed by atoms with E-state index in [9.17, 15) is 14.7 Å². The Hall–Kier alpha value is -1.36. The van der Waals surface area contributed by atoms with Crippen LogP contribution in [0.3, 0.4) is 0 Å². The molecule has 5 heteroatoms. The summed E-state index contributed by atoms with van der Waals surface area (Å²) in [6.07, 6.45) is 3.23. The van der Waals surface area contributed by atoms with Crippen molar-refractivity contribution >= 4 is 11.9 Å². The van der Waals surface area contributed by atoms with Crippen LogP contribution in [-0.2, 0) is 9.59 Å². The van der Waals surface area contributed by atoms with Gasteiger partial charge in [-0.05, 0) is 19.8 Å². The lowest BCUT2D eigenvalue weighted by Crippen LogP contribution is -2.48. The van der Waals surface area contributed by atoms with Crippen molar-refractivity contribution in [1.29, 1.82) is 0 Å². The van der Waals surface area contributed by atoms with Gasteiger partial charge in [0.2, 0.25) is 5.91 Å². The summed E-state index contributed by atoms with van der Waals surface area (Å²) in [5.41, 5.74) is -0.856. The molecule has 1 rings (SSSR count). The van der Waals surface area contributed by atoms with Gasteiger partial charge in [0.25, 0.3) is 0 Å². The van der Waals surface area contributed by atoms with Crippen LogP contribution in [0.1, 0.15) is 19.8 Å². The Morgan fingerprint density at radius 3 is 2.60 bits per heavy atom. The van der Waals surface area contributed by atoms with Crippen LogP contribution in [0.15, 0.2) is 12.2 Å². The molecule has 0 bridgehead atoms. The fraction of sp³-hybridized carbons (Fsp3) is 0.600. The quantitative estimate of drug-likeness (QED) is 0.633. The van der Waals surface area contributed by atoms with Crippen LogP contribution < -0.4 is 0 Å². The number of likely N-dealkylation sites (tertiary alicyclic amines) is 1. The number of aliphatic hydroxyl groups is 1. The van der Waals surface area contributed by atoms with Crippen LogP contribution in [0.2, 0.25) is 0 Å². The van der Waals surface area contributed by atoms with Crippen LogP contribution in [0, 0.1) is 0 Å². The van der Waals surface area contributed by atoms with E-state index in [0.717, 1.165) is 18.6 Å². The highest BCUT2D eigenvalue weighted by Crippen LogP contribution is 2.20. The first-order chi connectivity index (χ1) is 6.91. The van der Waals surface area contributed by atoms with E-state index >= 15 is 0 Å². The van der Waals surface area contributed by atoms with E-state index in [0.29, 0.717) is 13.0 Å². The summed E-state index contributed by atoms with van der Waals surface area (Å²) >= 11 is 0. The highest BCUT2D eigenvalue weighted by atomic mass is 16.4. The number of carbonyl (C=O) groups is 2. The average Bonchev–Trinajstić information content (AvgIpc) is 2.12. The Morgan fingerprint density at radius 1 is 1.40 bits per heavy atom. The SMILES string of the molecule is CC1(O)CCCN(C(=O)/C=C/C(=O)O)C1. The van der Waals surface area contributed by atoms with Crippen LogP contribution in [-0.4, -0.2) is 45.7 Å². The van der Waals surface area contributed by atoms with Gasteiger partial charge in [-0.25, -0.2) is 4.79 Å². The molecule has 1 atom stereocenters. The Bertz CT molecular complexity index is 296. The second kappa shape index (κ2) is 4.44. The number of amides is 1. The van der Waals surface area contributed by atoms with E-state index < -0.39 is 11.6 Å². The Balaban J connectivity index is 2.57. The zero-order valence-electron chi connectivity index (χ0n) is 8.64. The van der Waals surface area contributed by atoms with Crippen molar-refractivity contribution in [2.45, 2.75) is 25.4 Å². The molecule has 2 N–H and O–H groups in total. The number of carboxylic acids is 1. The average molecular weight is 213 g/mol. The molecular weight excluding hydrogens is 198 g/mol. The van der Waals surface area contributed by atoms with Gasteiger partial charge in [-0.3, -0.25) is 4.79 Å². The van der Waals surface area contributed by atoms with E-state index in [-0.39, 0.29) is 12.5 Å². The number of hydrogen-bond donors (Lipinski definition) is 2. The maximum atomic E-state index is 11.5. The Morgan fingerprint density at radius 2 is 2.07 bits per heavy atom. The van der Waals surface area contributed by atoms with Gasteiger partial charge in [0.05, 0.1) is 5.60 Å². The molecule has 0 aromatic heterocycles. The van der Waals surface area contributed by atoms with Gasteiger partial charge >= 0.3 is 5.97 Å². The predicted molar refractivity (Wildman–Crippen MR) is 53.2 cm³/mol. The lowest BCUT2D eigenvalue weighted by Gasteiger charge is -2.36. The molecule has 0 aromatic carbocycles. The molecule has 5 nitrogen and oxygen atoms in total. The third-order valence-corrected chi connectivity index (χ3v) is 2.36. The molecule has 0 aromatic rings. The third kappa shape index (κ3) is 3.71. The molecule has 1 unspecified atom stereocenters. The van der Waals surface area contributed by atoms with Crippen LogP contribution in [0.4, 0.5) is 0 Å². The second-order valence-corrected chi connectivity index (χ2v) is 4.03. The van der Waals surface area contributed by atoms with E-state index in [1.807, 2.05) is 0 Å². The summed E-state index contributed by atoms with van der Waals surface area (Å²) in [6.45, 7) is 2.50. The zero-order chi connectivity index (χ0) is 11.5. The fourth-order valence-electron chi connectivity index (χ4n) is 1.66. The molecular formula is C10H15NO4. The van der Waals surface area contributed by atoms with Gasteiger partial charge in [0.15, 0.2) is 0 Å². The summed E-state index contributed by atoms with van der Waals surface area (Å²) in [5.74, 6) is -1.51. The van der Waals surface area contributed by atoms with E-state index in [2.05, 4.69) is 0 Å². The van der Waals surface area contributed by atoms with Crippen LogP contribution >= 0.6 is 0 Å². The Kier molecular flexibility index (Phi) is 3.47. The molecule has 0 radical (unpaired) electrons. The minimum absolute atomic E-state index is 0.260. The summed E-state index contributed by atoms with van der Waals surface area (Å²) in [7, 11) is 0. The monoisotopic (exact) mass is 213 g/mol. The molecule has 0 spiro atoms. The zero-order valence-corrected chi connectivity index (χ0v) is 8.64. The fourth-order valence-corrected chi connectivity index (χ4v) is 1.66. The molecule has 1 aliphatic rings. The summed E-state index contributed by atoms with van der Waals surface area (Å²) in [6, 6.07) is 0. The normalized spacial score (nSPS) is 26.9. The maximum Gasteiger partial charge on any atom is 0.328 e. The molecule has 1 heterocycles. The number of piperidine rings is 1. The minimum atomic E-state index is -1.15. The number of carboxylic acid groups (broad SMARTS) is 1. The molecule has 0 aliphatic carbocycles. The standard InChI is InChI=1S/C10H15NO4/c1-10(15)5-2-6-11(7-10)8(12)3-4-9(13)14/h3-4,15H,2,5-7H2,1H3,(H,13,14)/b4-3+. The lowest BCUT2D eigenvalue weighted by atomic mass is 9.95. The smallest absolute Gasteiger partial charge is 0.328 e. The van der Waals surface area contributed by atoms with Crippen molar-refractivity contribution in [1.82, 2.24) is 4.90 Å². The number of nitrogens with zero attached hydrogens (tertiary/aromatic N) is 1. The highest BCUT2D eigenvalue weighted by molar-refractivity contribution is 5.93. The van der Waals surface area contributed by atoms with Gasteiger partial charge in [0.1, 0.15) is 0 Å².